The molecule has 0 saturated carbocycles. The smallest absolute Gasteiger partial charge is 0.0458 e. The number of nitrogens with zero attached hydrogens (tertiary/aromatic N) is 1. The molecule has 1 nitrogen and oxygen atoms in total. The second-order valence-electron chi connectivity index (χ2n) is 3.94. The van der Waals surface area contributed by atoms with Gasteiger partial charge in [-0.3, -0.25) is 4.99 Å². The predicted molar refractivity (Wildman–Crippen MR) is 67.9 cm³/mol. The summed E-state index contributed by atoms with van der Waals surface area (Å²) in [5.41, 5.74) is 2.77. The first-order valence-electron chi connectivity index (χ1n) is 5.92. The quantitative estimate of drug-likeness (QED) is 0.653. The summed E-state index contributed by atoms with van der Waals surface area (Å²) in [4.78, 5) is 4.35. The molecule has 0 aromatic heterocycles. The first kappa shape index (κ1) is 12.0. The number of benzene rings is 1. The first-order chi connectivity index (χ1) is 7.33. The molecule has 82 valence electrons. The molecule has 0 spiro atoms. The fraction of sp³-hybridized carbons (Fsp3) is 0.500. The van der Waals surface area contributed by atoms with Crippen molar-refractivity contribution in [3.8, 4) is 0 Å². The van der Waals surface area contributed by atoms with Crippen LogP contribution in [-0.2, 0) is 0 Å². The van der Waals surface area contributed by atoms with Crippen LogP contribution in [0, 0.1) is 0 Å². The standard InChI is InChI=1S/C11H13N.C3H8/c1-2-9-7-12-8-10-5-3-4-6-11(9)10;1-3-2/h3-6,8-9H,2,7H2,1H3;3H2,1-2H3. The minimum atomic E-state index is 0.645. The first-order valence-corrected chi connectivity index (χ1v) is 5.92. The monoisotopic (exact) mass is 203 g/mol. The molecule has 0 radical (unpaired) electrons. The summed E-state index contributed by atoms with van der Waals surface area (Å²) in [6, 6.07) is 8.54. The van der Waals surface area contributed by atoms with Gasteiger partial charge in [-0.05, 0) is 17.5 Å². The van der Waals surface area contributed by atoms with E-state index in [-0.39, 0.29) is 0 Å². The van der Waals surface area contributed by atoms with E-state index < -0.39 is 0 Å². The fourth-order valence-electron chi connectivity index (χ4n) is 1.73. The molecule has 0 fully saturated rings. The van der Waals surface area contributed by atoms with E-state index in [2.05, 4.69) is 50.0 Å². The van der Waals surface area contributed by atoms with Gasteiger partial charge in [0.05, 0.1) is 0 Å². The van der Waals surface area contributed by atoms with Crippen molar-refractivity contribution in [3.63, 3.8) is 0 Å². The number of hydrogen-bond donors (Lipinski definition) is 0. The van der Waals surface area contributed by atoms with Crippen molar-refractivity contribution in [3.05, 3.63) is 35.4 Å². The Morgan fingerprint density at radius 1 is 1.20 bits per heavy atom. The molecule has 1 atom stereocenters. The van der Waals surface area contributed by atoms with Crippen LogP contribution in [0.2, 0.25) is 0 Å². The Bertz CT molecular complexity index is 315. The second-order valence-corrected chi connectivity index (χ2v) is 3.94. The molecule has 0 N–H and O–H groups in total. The molecule has 1 heteroatoms. The van der Waals surface area contributed by atoms with Crippen LogP contribution in [0.25, 0.3) is 0 Å². The molecule has 1 aliphatic rings. The van der Waals surface area contributed by atoms with Gasteiger partial charge in [-0.15, -0.1) is 0 Å². The minimum Gasteiger partial charge on any atom is -0.292 e. The topological polar surface area (TPSA) is 12.4 Å². The molecule has 0 amide bonds. The number of hydrogen-bond acceptors (Lipinski definition) is 1. The van der Waals surface area contributed by atoms with Gasteiger partial charge in [-0.1, -0.05) is 51.5 Å². The fourth-order valence-corrected chi connectivity index (χ4v) is 1.73. The lowest BCUT2D eigenvalue weighted by molar-refractivity contribution is 0.668. The molecule has 0 bridgehead atoms. The third kappa shape index (κ3) is 3.19. The van der Waals surface area contributed by atoms with Gasteiger partial charge < -0.3 is 0 Å². The van der Waals surface area contributed by atoms with Crippen molar-refractivity contribution in [1.82, 2.24) is 0 Å². The van der Waals surface area contributed by atoms with Gasteiger partial charge in [0.25, 0.3) is 0 Å². The van der Waals surface area contributed by atoms with Crippen LogP contribution in [0.5, 0.6) is 0 Å². The van der Waals surface area contributed by atoms with E-state index in [0.29, 0.717) is 5.92 Å². The maximum absolute atomic E-state index is 4.35. The van der Waals surface area contributed by atoms with Gasteiger partial charge in [0.2, 0.25) is 0 Å². The van der Waals surface area contributed by atoms with Gasteiger partial charge in [-0.2, -0.15) is 0 Å². The van der Waals surface area contributed by atoms with Gasteiger partial charge in [0.15, 0.2) is 0 Å². The van der Waals surface area contributed by atoms with Crippen LogP contribution >= 0.6 is 0 Å². The normalized spacial score (nSPS) is 17.7. The molecule has 1 heterocycles. The highest BCUT2D eigenvalue weighted by Crippen LogP contribution is 2.25. The molecule has 15 heavy (non-hydrogen) atoms. The minimum absolute atomic E-state index is 0.645. The Morgan fingerprint density at radius 3 is 2.53 bits per heavy atom. The Hall–Kier alpha value is -1.11. The Labute approximate surface area is 93.2 Å². The third-order valence-electron chi connectivity index (χ3n) is 2.48. The lowest BCUT2D eigenvalue weighted by atomic mass is 9.91. The van der Waals surface area contributed by atoms with Gasteiger partial charge in [0.1, 0.15) is 0 Å². The Balaban J connectivity index is 0.000000337. The second kappa shape index (κ2) is 6.39. The third-order valence-corrected chi connectivity index (χ3v) is 2.48. The highest BCUT2D eigenvalue weighted by Gasteiger charge is 2.14. The van der Waals surface area contributed by atoms with E-state index in [1.165, 1.54) is 24.0 Å². The molecule has 1 unspecified atom stereocenters. The van der Waals surface area contributed by atoms with E-state index in [0.717, 1.165) is 6.54 Å². The summed E-state index contributed by atoms with van der Waals surface area (Å²) >= 11 is 0. The summed E-state index contributed by atoms with van der Waals surface area (Å²) < 4.78 is 0. The van der Waals surface area contributed by atoms with Crippen molar-refractivity contribution in [2.45, 2.75) is 39.5 Å². The van der Waals surface area contributed by atoms with E-state index in [1.807, 2.05) is 6.21 Å². The number of fused-ring (bicyclic) bond motifs is 1. The van der Waals surface area contributed by atoms with Crippen LogP contribution in [0.3, 0.4) is 0 Å². The van der Waals surface area contributed by atoms with Crippen LogP contribution in [0.1, 0.15) is 50.7 Å². The molecule has 0 aliphatic carbocycles. The Kier molecular flexibility index (Phi) is 5.09. The van der Waals surface area contributed by atoms with E-state index in [4.69, 9.17) is 0 Å². The van der Waals surface area contributed by atoms with Crippen molar-refractivity contribution >= 4 is 6.21 Å². The van der Waals surface area contributed by atoms with Crippen LogP contribution in [0.4, 0.5) is 0 Å². The average Bonchev–Trinajstić information content (AvgIpc) is 2.29. The van der Waals surface area contributed by atoms with Crippen molar-refractivity contribution < 1.29 is 0 Å². The zero-order valence-corrected chi connectivity index (χ0v) is 10.0. The number of rotatable bonds is 1. The van der Waals surface area contributed by atoms with Gasteiger partial charge >= 0.3 is 0 Å². The largest absolute Gasteiger partial charge is 0.292 e. The molecule has 1 aliphatic heterocycles. The van der Waals surface area contributed by atoms with Gasteiger partial charge in [0, 0.05) is 18.7 Å². The van der Waals surface area contributed by atoms with Crippen LogP contribution in [-0.4, -0.2) is 12.8 Å². The van der Waals surface area contributed by atoms with Crippen molar-refractivity contribution in [1.29, 1.82) is 0 Å². The predicted octanol–water partition coefficient (Wildman–Crippen LogP) is 4.03. The summed E-state index contributed by atoms with van der Waals surface area (Å²) in [6.07, 6.45) is 4.43. The summed E-state index contributed by atoms with van der Waals surface area (Å²) in [5, 5.41) is 0. The maximum Gasteiger partial charge on any atom is 0.0458 e. The SMILES string of the molecule is CCC.CCC1CN=Cc2ccccc21. The van der Waals surface area contributed by atoms with Crippen molar-refractivity contribution in [2.75, 3.05) is 6.54 Å². The van der Waals surface area contributed by atoms with Gasteiger partial charge in [-0.25, -0.2) is 0 Å². The summed E-state index contributed by atoms with van der Waals surface area (Å²) in [6.45, 7) is 7.44. The zero-order chi connectivity index (χ0) is 11.1. The number of aliphatic imine (C=N–C) groups is 1. The van der Waals surface area contributed by atoms with E-state index in [9.17, 15) is 0 Å². The Morgan fingerprint density at radius 2 is 1.87 bits per heavy atom. The maximum atomic E-state index is 4.35. The highest BCUT2D eigenvalue weighted by molar-refractivity contribution is 5.83. The van der Waals surface area contributed by atoms with Crippen LogP contribution < -0.4 is 0 Å². The zero-order valence-electron chi connectivity index (χ0n) is 10.0. The molecule has 1 aromatic carbocycles. The van der Waals surface area contributed by atoms with E-state index in [1.54, 1.807) is 0 Å². The summed E-state index contributed by atoms with van der Waals surface area (Å²) in [7, 11) is 0. The molecule has 1 aromatic rings. The van der Waals surface area contributed by atoms with Crippen LogP contribution in [0.15, 0.2) is 29.3 Å². The highest BCUT2D eigenvalue weighted by atomic mass is 14.7. The molecular formula is C14H21N. The summed E-state index contributed by atoms with van der Waals surface area (Å²) in [5.74, 6) is 0.645. The molecule has 0 saturated heterocycles. The lowest BCUT2D eigenvalue weighted by Crippen LogP contribution is -2.09. The molecular weight excluding hydrogens is 182 g/mol. The van der Waals surface area contributed by atoms with E-state index >= 15 is 0 Å². The van der Waals surface area contributed by atoms with Crippen molar-refractivity contribution in [2.24, 2.45) is 4.99 Å². The average molecular weight is 203 g/mol. The molecule has 2 rings (SSSR count). The lowest BCUT2D eigenvalue weighted by Gasteiger charge is -2.18.